The Morgan fingerprint density at radius 3 is 2.78 bits per heavy atom. The number of morpholine rings is 1. The molecule has 0 aliphatic carbocycles. The topological polar surface area (TPSA) is 60.5 Å². The molecule has 1 saturated heterocycles. The Hall–Kier alpha value is -1.24. The van der Waals surface area contributed by atoms with E-state index in [4.69, 9.17) is 22.7 Å². The Morgan fingerprint density at radius 2 is 2.11 bits per heavy atom. The Labute approximate surface area is 111 Å². The Kier molecular flexibility index (Phi) is 4.46. The van der Waals surface area contributed by atoms with E-state index in [1.807, 2.05) is 0 Å². The van der Waals surface area contributed by atoms with Crippen LogP contribution in [0.4, 0.5) is 0 Å². The molecule has 1 aliphatic rings. The van der Waals surface area contributed by atoms with Gasteiger partial charge in [-0.05, 0) is 12.1 Å². The summed E-state index contributed by atoms with van der Waals surface area (Å²) in [6.07, 6.45) is 1.77. The van der Waals surface area contributed by atoms with E-state index >= 15 is 0 Å². The summed E-state index contributed by atoms with van der Waals surface area (Å²) in [4.78, 5) is 14.5. The van der Waals surface area contributed by atoms with Crippen molar-refractivity contribution >= 4 is 17.2 Å². The molecule has 5 nitrogen and oxygen atoms in total. The van der Waals surface area contributed by atoms with Gasteiger partial charge in [-0.2, -0.15) is 0 Å². The van der Waals surface area contributed by atoms with Gasteiger partial charge in [0.1, 0.15) is 4.99 Å². The highest BCUT2D eigenvalue weighted by Crippen LogP contribution is 1.98. The summed E-state index contributed by atoms with van der Waals surface area (Å²) in [6.45, 7) is 4.86. The Bertz CT molecular complexity index is 480. The van der Waals surface area contributed by atoms with Crippen LogP contribution in [0.1, 0.15) is 5.56 Å². The van der Waals surface area contributed by atoms with Gasteiger partial charge in [0.15, 0.2) is 0 Å². The van der Waals surface area contributed by atoms with Gasteiger partial charge >= 0.3 is 0 Å². The molecule has 0 amide bonds. The fraction of sp³-hybridized carbons (Fsp3) is 0.500. The molecular weight excluding hydrogens is 250 g/mol. The molecule has 98 valence electrons. The third-order valence-electron chi connectivity index (χ3n) is 3.05. The standard InChI is InChI=1S/C12H17N3O2S/c13-11(18)10-2-1-3-15(12(10)16)5-4-14-6-8-17-9-7-14/h1-3H,4-9H2,(H2,13,18). The van der Waals surface area contributed by atoms with Gasteiger partial charge in [0, 0.05) is 32.4 Å². The number of nitrogens with zero attached hydrogens (tertiary/aromatic N) is 2. The number of rotatable bonds is 4. The lowest BCUT2D eigenvalue weighted by molar-refractivity contribution is 0.0363. The van der Waals surface area contributed by atoms with E-state index < -0.39 is 0 Å². The van der Waals surface area contributed by atoms with Crippen molar-refractivity contribution in [1.29, 1.82) is 0 Å². The van der Waals surface area contributed by atoms with Crippen molar-refractivity contribution in [1.82, 2.24) is 9.47 Å². The van der Waals surface area contributed by atoms with E-state index in [0.29, 0.717) is 12.1 Å². The van der Waals surface area contributed by atoms with Gasteiger partial charge in [-0.25, -0.2) is 0 Å². The van der Waals surface area contributed by atoms with Crippen LogP contribution in [0.5, 0.6) is 0 Å². The van der Waals surface area contributed by atoms with Gasteiger partial charge in [0.2, 0.25) is 0 Å². The largest absolute Gasteiger partial charge is 0.389 e. The molecule has 0 radical (unpaired) electrons. The summed E-state index contributed by atoms with van der Waals surface area (Å²) in [7, 11) is 0. The first-order chi connectivity index (χ1) is 8.68. The maximum atomic E-state index is 12.0. The zero-order chi connectivity index (χ0) is 13.0. The normalized spacial score (nSPS) is 16.7. The molecule has 0 bridgehead atoms. The van der Waals surface area contributed by atoms with Gasteiger partial charge in [-0.15, -0.1) is 0 Å². The van der Waals surface area contributed by atoms with Crippen LogP contribution >= 0.6 is 12.2 Å². The average Bonchev–Trinajstić information content (AvgIpc) is 2.38. The van der Waals surface area contributed by atoms with Crippen molar-refractivity contribution in [3.8, 4) is 0 Å². The van der Waals surface area contributed by atoms with Gasteiger partial charge in [0.25, 0.3) is 5.56 Å². The van der Waals surface area contributed by atoms with Crippen LogP contribution in [0.2, 0.25) is 0 Å². The Balaban J connectivity index is 2.03. The predicted molar refractivity (Wildman–Crippen MR) is 73.8 cm³/mol. The molecule has 0 saturated carbocycles. The first kappa shape index (κ1) is 13.2. The summed E-state index contributed by atoms with van der Waals surface area (Å²) in [5.41, 5.74) is 5.81. The quantitative estimate of drug-likeness (QED) is 0.767. The highest BCUT2D eigenvalue weighted by Gasteiger charge is 2.11. The van der Waals surface area contributed by atoms with Crippen LogP contribution in [0, 0.1) is 0 Å². The first-order valence-electron chi connectivity index (χ1n) is 5.98. The molecule has 6 heteroatoms. The van der Waals surface area contributed by atoms with Gasteiger partial charge in [-0.3, -0.25) is 9.69 Å². The van der Waals surface area contributed by atoms with Crippen LogP contribution < -0.4 is 11.3 Å². The summed E-state index contributed by atoms with van der Waals surface area (Å²) >= 11 is 4.86. The zero-order valence-electron chi connectivity index (χ0n) is 10.2. The van der Waals surface area contributed by atoms with Crippen LogP contribution in [0.25, 0.3) is 0 Å². The van der Waals surface area contributed by atoms with E-state index in [1.165, 1.54) is 0 Å². The SMILES string of the molecule is NC(=S)c1cccn(CCN2CCOCC2)c1=O. The summed E-state index contributed by atoms with van der Waals surface area (Å²) in [6, 6.07) is 3.46. The van der Waals surface area contributed by atoms with E-state index in [9.17, 15) is 4.79 Å². The van der Waals surface area contributed by atoms with E-state index in [2.05, 4.69) is 4.90 Å². The van der Waals surface area contributed by atoms with E-state index in [1.54, 1.807) is 22.9 Å². The fourth-order valence-corrected chi connectivity index (χ4v) is 2.13. The third kappa shape index (κ3) is 3.16. The molecule has 0 aromatic carbocycles. The lowest BCUT2D eigenvalue weighted by atomic mass is 10.3. The fourth-order valence-electron chi connectivity index (χ4n) is 1.97. The molecule has 2 rings (SSSR count). The molecule has 0 atom stereocenters. The molecule has 2 N–H and O–H groups in total. The van der Waals surface area contributed by atoms with Crippen LogP contribution in [-0.2, 0) is 11.3 Å². The second-order valence-electron chi connectivity index (χ2n) is 4.24. The molecule has 0 unspecified atom stereocenters. The maximum absolute atomic E-state index is 12.0. The molecule has 1 aliphatic heterocycles. The van der Waals surface area contributed by atoms with Gasteiger partial charge < -0.3 is 15.0 Å². The molecule has 1 aromatic rings. The minimum atomic E-state index is -0.113. The monoisotopic (exact) mass is 267 g/mol. The summed E-state index contributed by atoms with van der Waals surface area (Å²) < 4.78 is 6.94. The molecule has 1 aromatic heterocycles. The summed E-state index contributed by atoms with van der Waals surface area (Å²) in [5, 5.41) is 0. The van der Waals surface area contributed by atoms with E-state index in [0.717, 1.165) is 32.8 Å². The van der Waals surface area contributed by atoms with Crippen molar-refractivity contribution in [2.45, 2.75) is 6.54 Å². The van der Waals surface area contributed by atoms with Crippen molar-refractivity contribution in [3.05, 3.63) is 34.2 Å². The lowest BCUT2D eigenvalue weighted by Gasteiger charge is -2.26. The predicted octanol–water partition coefficient (Wildman–Crippen LogP) is -0.185. The van der Waals surface area contributed by atoms with Crippen molar-refractivity contribution in [2.75, 3.05) is 32.8 Å². The number of nitrogens with two attached hydrogens (primary N) is 1. The lowest BCUT2D eigenvalue weighted by Crippen LogP contribution is -2.39. The number of hydrogen-bond acceptors (Lipinski definition) is 4. The molecule has 0 spiro atoms. The van der Waals surface area contributed by atoms with Crippen molar-refractivity contribution in [3.63, 3.8) is 0 Å². The summed E-state index contributed by atoms with van der Waals surface area (Å²) in [5.74, 6) is 0. The number of pyridine rings is 1. The smallest absolute Gasteiger partial charge is 0.260 e. The number of thiocarbonyl (C=S) groups is 1. The van der Waals surface area contributed by atoms with Crippen molar-refractivity contribution in [2.24, 2.45) is 5.73 Å². The van der Waals surface area contributed by atoms with Crippen LogP contribution in [0.3, 0.4) is 0 Å². The van der Waals surface area contributed by atoms with E-state index in [-0.39, 0.29) is 10.5 Å². The maximum Gasteiger partial charge on any atom is 0.260 e. The minimum Gasteiger partial charge on any atom is -0.389 e. The second kappa shape index (κ2) is 6.08. The number of hydrogen-bond donors (Lipinski definition) is 1. The van der Waals surface area contributed by atoms with Gasteiger partial charge in [0.05, 0.1) is 18.8 Å². The first-order valence-corrected chi connectivity index (χ1v) is 6.38. The molecule has 1 fully saturated rings. The van der Waals surface area contributed by atoms with Crippen LogP contribution in [-0.4, -0.2) is 47.3 Å². The highest BCUT2D eigenvalue weighted by molar-refractivity contribution is 7.80. The Morgan fingerprint density at radius 1 is 1.39 bits per heavy atom. The molecule has 2 heterocycles. The minimum absolute atomic E-state index is 0.113. The number of ether oxygens (including phenoxy) is 1. The highest BCUT2D eigenvalue weighted by atomic mass is 32.1. The molecule has 18 heavy (non-hydrogen) atoms. The average molecular weight is 267 g/mol. The third-order valence-corrected chi connectivity index (χ3v) is 3.27. The number of aromatic nitrogens is 1. The van der Waals surface area contributed by atoms with Gasteiger partial charge in [-0.1, -0.05) is 12.2 Å². The zero-order valence-corrected chi connectivity index (χ0v) is 11.0. The molecular formula is C12H17N3O2S. The van der Waals surface area contributed by atoms with Crippen LogP contribution in [0.15, 0.2) is 23.1 Å². The van der Waals surface area contributed by atoms with Crippen molar-refractivity contribution < 1.29 is 4.74 Å². The second-order valence-corrected chi connectivity index (χ2v) is 4.68.